The monoisotopic (exact) mass is 261 g/mol. The second kappa shape index (κ2) is 5.55. The number of para-hydroxylation sites is 1. The molecule has 0 saturated carbocycles. The van der Waals surface area contributed by atoms with Crippen molar-refractivity contribution in [2.75, 3.05) is 0 Å². The fourth-order valence-electron chi connectivity index (χ4n) is 1.37. The van der Waals surface area contributed by atoms with Gasteiger partial charge in [-0.1, -0.05) is 12.1 Å². The molecule has 0 radical (unpaired) electrons. The average molecular weight is 261 g/mol. The van der Waals surface area contributed by atoms with Gasteiger partial charge in [0.15, 0.2) is 0 Å². The Labute approximate surface area is 108 Å². The van der Waals surface area contributed by atoms with Crippen molar-refractivity contribution in [2.45, 2.75) is 10.6 Å². The minimum Gasteiger partial charge on any atom is -0.507 e. The molecule has 0 fully saturated rings. The molecule has 1 aromatic carbocycles. The van der Waals surface area contributed by atoms with Gasteiger partial charge in [-0.15, -0.1) is 11.8 Å². The SMILES string of the molecule is O=C(O)c1ccc(CSc2ccccc2O)nc1. The van der Waals surface area contributed by atoms with Gasteiger partial charge in [0.1, 0.15) is 5.75 Å². The number of benzene rings is 1. The fourth-order valence-corrected chi connectivity index (χ4v) is 2.23. The smallest absolute Gasteiger partial charge is 0.337 e. The predicted molar refractivity (Wildman–Crippen MR) is 68.9 cm³/mol. The summed E-state index contributed by atoms with van der Waals surface area (Å²) in [5.74, 6) is -0.163. The van der Waals surface area contributed by atoms with Crippen LogP contribution in [0.1, 0.15) is 16.1 Å². The highest BCUT2D eigenvalue weighted by molar-refractivity contribution is 7.98. The Kier molecular flexibility index (Phi) is 3.84. The van der Waals surface area contributed by atoms with E-state index in [4.69, 9.17) is 5.11 Å². The maximum absolute atomic E-state index is 10.7. The van der Waals surface area contributed by atoms with Gasteiger partial charge in [-0.2, -0.15) is 0 Å². The Morgan fingerprint density at radius 1 is 1.22 bits per heavy atom. The van der Waals surface area contributed by atoms with E-state index in [1.807, 2.05) is 12.1 Å². The van der Waals surface area contributed by atoms with Crippen molar-refractivity contribution in [1.82, 2.24) is 4.98 Å². The lowest BCUT2D eigenvalue weighted by Crippen LogP contribution is -1.98. The average Bonchev–Trinajstić information content (AvgIpc) is 2.38. The number of hydrogen-bond donors (Lipinski definition) is 2. The Balaban J connectivity index is 2.02. The van der Waals surface area contributed by atoms with Crippen LogP contribution in [0.15, 0.2) is 47.5 Å². The third kappa shape index (κ3) is 3.01. The van der Waals surface area contributed by atoms with Crippen molar-refractivity contribution in [3.8, 4) is 5.75 Å². The first kappa shape index (κ1) is 12.4. The molecule has 0 spiro atoms. The number of aromatic nitrogens is 1. The standard InChI is InChI=1S/C13H11NO3S/c15-11-3-1-2-4-12(11)18-8-10-6-5-9(7-14-10)13(16)17/h1-7,15H,8H2,(H,16,17). The van der Waals surface area contributed by atoms with Crippen LogP contribution in [0.2, 0.25) is 0 Å². The molecular formula is C13H11NO3S. The third-order valence-electron chi connectivity index (χ3n) is 2.31. The normalized spacial score (nSPS) is 10.2. The summed E-state index contributed by atoms with van der Waals surface area (Å²) in [6.45, 7) is 0. The first-order valence-corrected chi connectivity index (χ1v) is 6.24. The molecular weight excluding hydrogens is 250 g/mol. The zero-order valence-corrected chi connectivity index (χ0v) is 10.2. The molecule has 0 amide bonds. The van der Waals surface area contributed by atoms with E-state index >= 15 is 0 Å². The molecule has 0 aliphatic rings. The van der Waals surface area contributed by atoms with Crippen LogP contribution in [0.3, 0.4) is 0 Å². The first-order chi connectivity index (χ1) is 8.66. The van der Waals surface area contributed by atoms with E-state index in [0.717, 1.165) is 10.6 Å². The molecule has 2 aromatic rings. The number of nitrogens with zero attached hydrogens (tertiary/aromatic N) is 1. The van der Waals surface area contributed by atoms with Crippen molar-refractivity contribution in [3.05, 3.63) is 53.9 Å². The highest BCUT2D eigenvalue weighted by Gasteiger charge is 2.05. The van der Waals surface area contributed by atoms with Crippen LogP contribution >= 0.6 is 11.8 Å². The van der Waals surface area contributed by atoms with E-state index in [-0.39, 0.29) is 11.3 Å². The van der Waals surface area contributed by atoms with Gasteiger partial charge in [-0.3, -0.25) is 4.98 Å². The zero-order chi connectivity index (χ0) is 13.0. The summed E-state index contributed by atoms with van der Waals surface area (Å²) in [6, 6.07) is 10.3. The van der Waals surface area contributed by atoms with Gasteiger partial charge in [0.25, 0.3) is 0 Å². The summed E-state index contributed by atoms with van der Waals surface area (Å²) in [6.07, 6.45) is 1.34. The molecule has 2 rings (SSSR count). The van der Waals surface area contributed by atoms with E-state index in [1.54, 1.807) is 18.2 Å². The summed E-state index contributed by atoms with van der Waals surface area (Å²) >= 11 is 1.45. The van der Waals surface area contributed by atoms with Crippen molar-refractivity contribution in [3.63, 3.8) is 0 Å². The van der Waals surface area contributed by atoms with Gasteiger partial charge < -0.3 is 10.2 Å². The lowest BCUT2D eigenvalue weighted by atomic mass is 10.2. The number of thioether (sulfide) groups is 1. The van der Waals surface area contributed by atoms with Crippen LogP contribution in [-0.2, 0) is 5.75 Å². The number of rotatable bonds is 4. The van der Waals surface area contributed by atoms with Crippen LogP contribution in [0, 0.1) is 0 Å². The summed E-state index contributed by atoms with van der Waals surface area (Å²) in [4.78, 5) is 15.5. The van der Waals surface area contributed by atoms with E-state index in [1.165, 1.54) is 24.0 Å². The molecule has 5 heteroatoms. The minimum atomic E-state index is -0.984. The molecule has 4 nitrogen and oxygen atoms in total. The van der Waals surface area contributed by atoms with Crippen LogP contribution in [0.25, 0.3) is 0 Å². The van der Waals surface area contributed by atoms with Gasteiger partial charge in [0.2, 0.25) is 0 Å². The number of phenols is 1. The van der Waals surface area contributed by atoms with E-state index < -0.39 is 5.97 Å². The molecule has 18 heavy (non-hydrogen) atoms. The van der Waals surface area contributed by atoms with Gasteiger partial charge >= 0.3 is 5.97 Å². The lowest BCUT2D eigenvalue weighted by Gasteiger charge is -2.03. The molecule has 0 unspecified atom stereocenters. The molecule has 0 saturated heterocycles. The number of phenolic OH excluding ortho intramolecular Hbond substituents is 1. The van der Waals surface area contributed by atoms with Crippen LogP contribution in [-0.4, -0.2) is 21.2 Å². The van der Waals surface area contributed by atoms with Gasteiger partial charge in [0.05, 0.1) is 11.3 Å². The topological polar surface area (TPSA) is 70.4 Å². The minimum absolute atomic E-state index is 0.173. The lowest BCUT2D eigenvalue weighted by molar-refractivity contribution is 0.0696. The fraction of sp³-hybridized carbons (Fsp3) is 0.0769. The van der Waals surface area contributed by atoms with Gasteiger partial charge in [0, 0.05) is 16.8 Å². The molecule has 92 valence electrons. The number of hydrogen-bond acceptors (Lipinski definition) is 4. The van der Waals surface area contributed by atoms with Crippen molar-refractivity contribution < 1.29 is 15.0 Å². The molecule has 2 N–H and O–H groups in total. The van der Waals surface area contributed by atoms with Gasteiger partial charge in [-0.25, -0.2) is 4.79 Å². The summed E-state index contributed by atoms with van der Waals surface area (Å²) in [7, 11) is 0. The predicted octanol–water partition coefficient (Wildman–Crippen LogP) is 2.78. The number of carboxylic acids is 1. The Morgan fingerprint density at radius 3 is 2.61 bits per heavy atom. The maximum atomic E-state index is 10.7. The maximum Gasteiger partial charge on any atom is 0.337 e. The number of pyridine rings is 1. The highest BCUT2D eigenvalue weighted by atomic mass is 32.2. The molecule has 1 heterocycles. The van der Waals surface area contributed by atoms with E-state index in [2.05, 4.69) is 4.98 Å². The quantitative estimate of drug-likeness (QED) is 0.828. The molecule has 0 bridgehead atoms. The van der Waals surface area contributed by atoms with E-state index in [0.29, 0.717) is 5.75 Å². The van der Waals surface area contributed by atoms with Gasteiger partial charge in [-0.05, 0) is 24.3 Å². The molecule has 0 aliphatic carbocycles. The highest BCUT2D eigenvalue weighted by Crippen LogP contribution is 2.29. The summed E-state index contributed by atoms with van der Waals surface area (Å²) in [5, 5.41) is 18.3. The second-order valence-corrected chi connectivity index (χ2v) is 4.62. The Bertz CT molecular complexity index is 554. The van der Waals surface area contributed by atoms with Crippen LogP contribution in [0.5, 0.6) is 5.75 Å². The summed E-state index contributed by atoms with van der Waals surface area (Å²) < 4.78 is 0. The molecule has 0 aliphatic heterocycles. The number of aromatic carboxylic acids is 1. The largest absolute Gasteiger partial charge is 0.507 e. The third-order valence-corrected chi connectivity index (χ3v) is 3.41. The Morgan fingerprint density at radius 2 is 2.00 bits per heavy atom. The second-order valence-electron chi connectivity index (χ2n) is 3.60. The number of aromatic hydroxyl groups is 1. The van der Waals surface area contributed by atoms with Crippen molar-refractivity contribution >= 4 is 17.7 Å². The van der Waals surface area contributed by atoms with Crippen molar-refractivity contribution in [2.24, 2.45) is 0 Å². The molecule has 1 aromatic heterocycles. The zero-order valence-electron chi connectivity index (χ0n) is 9.41. The number of carboxylic acid groups (broad SMARTS) is 1. The van der Waals surface area contributed by atoms with Crippen molar-refractivity contribution in [1.29, 1.82) is 0 Å². The van der Waals surface area contributed by atoms with Crippen LogP contribution in [0.4, 0.5) is 0 Å². The Hall–Kier alpha value is -2.01. The first-order valence-electron chi connectivity index (χ1n) is 5.26. The number of carbonyl (C=O) groups is 1. The van der Waals surface area contributed by atoms with Crippen LogP contribution < -0.4 is 0 Å². The summed E-state index contributed by atoms with van der Waals surface area (Å²) in [5.41, 5.74) is 0.944. The molecule has 0 atom stereocenters. The van der Waals surface area contributed by atoms with E-state index in [9.17, 15) is 9.90 Å².